The van der Waals surface area contributed by atoms with Crippen LogP contribution in [0, 0.1) is 0 Å². The average molecular weight is 389 g/mol. The van der Waals surface area contributed by atoms with Gasteiger partial charge in [0, 0.05) is 26.4 Å². The van der Waals surface area contributed by atoms with Crippen molar-refractivity contribution in [2.45, 2.75) is 24.9 Å². The Morgan fingerprint density at radius 3 is 2.85 bits per heavy atom. The van der Waals surface area contributed by atoms with Gasteiger partial charge in [0.05, 0.1) is 23.8 Å². The van der Waals surface area contributed by atoms with E-state index >= 15 is 0 Å². The fourth-order valence-electron chi connectivity index (χ4n) is 4.09. The highest BCUT2D eigenvalue weighted by atomic mass is 35.5. The van der Waals surface area contributed by atoms with Crippen LogP contribution in [0.2, 0.25) is 5.02 Å². The lowest BCUT2D eigenvalue weighted by atomic mass is 9.79. The van der Waals surface area contributed by atoms with Gasteiger partial charge in [-0.05, 0) is 54.7 Å². The number of halogens is 1. The fraction of sp³-hybridized carbons (Fsp3) is 0.476. The van der Waals surface area contributed by atoms with Gasteiger partial charge in [-0.1, -0.05) is 17.7 Å². The molecular weight excluding hydrogens is 364 g/mol. The predicted molar refractivity (Wildman–Crippen MR) is 106 cm³/mol. The van der Waals surface area contributed by atoms with Crippen LogP contribution in [0.3, 0.4) is 0 Å². The molecule has 1 saturated heterocycles. The Kier molecular flexibility index (Phi) is 5.53. The minimum absolute atomic E-state index is 0.212. The second-order valence-electron chi connectivity index (χ2n) is 7.05. The standard InChI is InChI=1S/C21H25ClN2O3/c1-25-13-14-26-17-4-5-18-16(15-17)6-12-27-21(18)7-10-24(11-8-21)20-19(22)3-2-9-23-20/h2-5,9,15H,6-8,10-14H2,1H3. The summed E-state index contributed by atoms with van der Waals surface area (Å²) >= 11 is 6.33. The second-order valence-corrected chi connectivity index (χ2v) is 7.46. The maximum atomic E-state index is 6.34. The molecule has 0 unspecified atom stereocenters. The Morgan fingerprint density at radius 2 is 2.07 bits per heavy atom. The molecule has 6 heteroatoms. The van der Waals surface area contributed by atoms with E-state index in [0.29, 0.717) is 18.2 Å². The summed E-state index contributed by atoms with van der Waals surface area (Å²) in [5, 5.41) is 0.705. The Labute approximate surface area is 165 Å². The number of benzene rings is 1. The topological polar surface area (TPSA) is 43.8 Å². The van der Waals surface area contributed by atoms with Crippen LogP contribution >= 0.6 is 11.6 Å². The van der Waals surface area contributed by atoms with Gasteiger partial charge < -0.3 is 19.1 Å². The lowest BCUT2D eigenvalue weighted by Crippen LogP contribution is -2.47. The molecule has 1 fully saturated rings. The molecule has 0 bridgehead atoms. The summed E-state index contributed by atoms with van der Waals surface area (Å²) < 4.78 is 17.2. The number of methoxy groups -OCH3 is 1. The second kappa shape index (κ2) is 8.05. The SMILES string of the molecule is COCCOc1ccc2c(c1)CCOC21CCN(c2ncccc2Cl)CC1. The van der Waals surface area contributed by atoms with Crippen molar-refractivity contribution in [3.05, 3.63) is 52.7 Å². The summed E-state index contributed by atoms with van der Waals surface area (Å²) in [6.45, 7) is 3.66. The van der Waals surface area contributed by atoms with E-state index in [1.54, 1.807) is 13.3 Å². The molecule has 1 aromatic carbocycles. The molecule has 0 atom stereocenters. The van der Waals surface area contributed by atoms with E-state index in [0.717, 1.165) is 50.5 Å². The van der Waals surface area contributed by atoms with Crippen molar-refractivity contribution in [2.24, 2.45) is 0 Å². The fourth-order valence-corrected chi connectivity index (χ4v) is 4.33. The minimum Gasteiger partial charge on any atom is -0.491 e. The van der Waals surface area contributed by atoms with E-state index in [2.05, 4.69) is 22.0 Å². The van der Waals surface area contributed by atoms with Gasteiger partial charge in [-0.2, -0.15) is 0 Å². The monoisotopic (exact) mass is 388 g/mol. The number of anilines is 1. The van der Waals surface area contributed by atoms with E-state index in [4.69, 9.17) is 25.8 Å². The van der Waals surface area contributed by atoms with Gasteiger partial charge in [-0.25, -0.2) is 4.98 Å². The van der Waals surface area contributed by atoms with Crippen molar-refractivity contribution in [1.82, 2.24) is 4.98 Å². The van der Waals surface area contributed by atoms with Gasteiger partial charge in [0.15, 0.2) is 0 Å². The maximum absolute atomic E-state index is 6.34. The lowest BCUT2D eigenvalue weighted by Gasteiger charge is -2.45. The number of hydrogen-bond acceptors (Lipinski definition) is 5. The zero-order valence-corrected chi connectivity index (χ0v) is 16.4. The average Bonchev–Trinajstić information content (AvgIpc) is 2.70. The van der Waals surface area contributed by atoms with Gasteiger partial charge in [0.25, 0.3) is 0 Å². The van der Waals surface area contributed by atoms with Crippen LogP contribution in [-0.2, 0) is 21.5 Å². The van der Waals surface area contributed by atoms with E-state index in [9.17, 15) is 0 Å². The zero-order chi connectivity index (χ0) is 18.7. The van der Waals surface area contributed by atoms with Crippen LogP contribution in [0.25, 0.3) is 0 Å². The predicted octanol–water partition coefficient (Wildman–Crippen LogP) is 3.83. The van der Waals surface area contributed by atoms with Crippen LogP contribution in [0.15, 0.2) is 36.5 Å². The van der Waals surface area contributed by atoms with Gasteiger partial charge in [0.1, 0.15) is 18.2 Å². The molecule has 2 aliphatic rings. The Hall–Kier alpha value is -1.82. The molecule has 4 rings (SSSR count). The van der Waals surface area contributed by atoms with Gasteiger partial charge in [0.2, 0.25) is 0 Å². The summed E-state index contributed by atoms with van der Waals surface area (Å²) in [5.41, 5.74) is 2.43. The summed E-state index contributed by atoms with van der Waals surface area (Å²) in [7, 11) is 1.68. The van der Waals surface area contributed by atoms with E-state index in [1.807, 2.05) is 18.2 Å². The largest absolute Gasteiger partial charge is 0.491 e. The van der Waals surface area contributed by atoms with Crippen molar-refractivity contribution >= 4 is 17.4 Å². The molecule has 144 valence electrons. The number of ether oxygens (including phenoxy) is 3. The molecule has 2 aliphatic heterocycles. The van der Waals surface area contributed by atoms with Gasteiger partial charge in [-0.3, -0.25) is 0 Å². The van der Waals surface area contributed by atoms with Crippen molar-refractivity contribution in [2.75, 3.05) is 44.9 Å². The number of aromatic nitrogens is 1. The molecular formula is C21H25ClN2O3. The summed E-state index contributed by atoms with van der Waals surface area (Å²) in [6.07, 6.45) is 4.57. The minimum atomic E-state index is -0.212. The third-order valence-electron chi connectivity index (χ3n) is 5.48. The third-order valence-corrected chi connectivity index (χ3v) is 5.78. The van der Waals surface area contributed by atoms with Gasteiger partial charge >= 0.3 is 0 Å². The number of nitrogens with zero attached hydrogens (tertiary/aromatic N) is 2. The van der Waals surface area contributed by atoms with Crippen LogP contribution < -0.4 is 9.64 Å². The van der Waals surface area contributed by atoms with E-state index < -0.39 is 0 Å². The molecule has 5 nitrogen and oxygen atoms in total. The first kappa shape index (κ1) is 18.5. The summed E-state index contributed by atoms with van der Waals surface area (Å²) in [6, 6.07) is 10.2. The number of piperidine rings is 1. The first-order valence-corrected chi connectivity index (χ1v) is 9.84. The molecule has 27 heavy (non-hydrogen) atoms. The molecule has 1 aromatic heterocycles. The van der Waals surface area contributed by atoms with E-state index in [1.165, 1.54) is 11.1 Å². The van der Waals surface area contributed by atoms with Crippen molar-refractivity contribution in [1.29, 1.82) is 0 Å². The van der Waals surface area contributed by atoms with Crippen LogP contribution in [0.4, 0.5) is 5.82 Å². The first-order valence-electron chi connectivity index (χ1n) is 9.46. The van der Waals surface area contributed by atoms with Crippen molar-refractivity contribution < 1.29 is 14.2 Å². The highest BCUT2D eigenvalue weighted by Gasteiger charge is 2.41. The molecule has 3 heterocycles. The van der Waals surface area contributed by atoms with Crippen LogP contribution in [-0.4, -0.2) is 45.0 Å². The molecule has 0 N–H and O–H groups in total. The van der Waals surface area contributed by atoms with Crippen molar-refractivity contribution in [3.8, 4) is 5.75 Å². The highest BCUT2D eigenvalue weighted by Crippen LogP contribution is 2.43. The number of hydrogen-bond donors (Lipinski definition) is 0. The molecule has 1 spiro atoms. The number of pyridine rings is 1. The number of rotatable bonds is 5. The maximum Gasteiger partial charge on any atom is 0.147 e. The van der Waals surface area contributed by atoms with Crippen LogP contribution in [0.5, 0.6) is 5.75 Å². The van der Waals surface area contributed by atoms with Gasteiger partial charge in [-0.15, -0.1) is 0 Å². The summed E-state index contributed by atoms with van der Waals surface area (Å²) in [5.74, 6) is 1.77. The Balaban J connectivity index is 1.50. The molecule has 2 aromatic rings. The normalized spacial score (nSPS) is 18.4. The van der Waals surface area contributed by atoms with Crippen LogP contribution in [0.1, 0.15) is 24.0 Å². The molecule has 0 amide bonds. The molecule has 0 radical (unpaired) electrons. The first-order chi connectivity index (χ1) is 13.2. The lowest BCUT2D eigenvalue weighted by molar-refractivity contribution is -0.0767. The Morgan fingerprint density at radius 1 is 1.22 bits per heavy atom. The van der Waals surface area contributed by atoms with Crippen molar-refractivity contribution in [3.63, 3.8) is 0 Å². The molecule has 0 saturated carbocycles. The van der Waals surface area contributed by atoms with E-state index in [-0.39, 0.29) is 5.60 Å². The number of fused-ring (bicyclic) bond motifs is 2. The Bertz CT molecular complexity index is 791. The summed E-state index contributed by atoms with van der Waals surface area (Å²) in [4.78, 5) is 6.71. The highest BCUT2D eigenvalue weighted by molar-refractivity contribution is 6.32. The third kappa shape index (κ3) is 3.77. The quantitative estimate of drug-likeness (QED) is 0.728. The zero-order valence-electron chi connectivity index (χ0n) is 15.6. The smallest absolute Gasteiger partial charge is 0.147 e. The molecule has 0 aliphatic carbocycles.